The van der Waals surface area contributed by atoms with Crippen LogP contribution in [-0.4, -0.2) is 37.1 Å². The Balaban J connectivity index is 1.46. The first-order chi connectivity index (χ1) is 15.1. The van der Waals surface area contributed by atoms with Crippen LogP contribution in [0.3, 0.4) is 0 Å². The van der Waals surface area contributed by atoms with Crippen LogP contribution in [0.4, 0.5) is 5.82 Å². The quantitative estimate of drug-likeness (QED) is 0.422. The molecule has 3 fully saturated rings. The first kappa shape index (κ1) is 18.6. The van der Waals surface area contributed by atoms with E-state index in [0.29, 0.717) is 39.3 Å². The monoisotopic (exact) mass is 437 g/mol. The maximum absolute atomic E-state index is 12.1. The number of aromatic amines is 1. The number of H-pyrrole nitrogens is 1. The van der Waals surface area contributed by atoms with Gasteiger partial charge < -0.3 is 19.8 Å². The number of furan rings is 1. The summed E-state index contributed by atoms with van der Waals surface area (Å²) in [4.78, 5) is 28.9. The normalized spacial score (nSPS) is 25.3. The molecule has 0 radical (unpaired) electrons. The maximum Gasteiger partial charge on any atom is 0.308 e. The maximum atomic E-state index is 12.1. The second kappa shape index (κ2) is 6.95. The lowest BCUT2D eigenvalue weighted by atomic mass is 9.61. The van der Waals surface area contributed by atoms with Crippen molar-refractivity contribution in [3.63, 3.8) is 0 Å². The van der Waals surface area contributed by atoms with Crippen LogP contribution in [-0.2, 0) is 4.79 Å². The molecular formula is C22H20ClN5O3. The summed E-state index contributed by atoms with van der Waals surface area (Å²) in [6, 6.07) is 3.43. The first-order valence-corrected chi connectivity index (χ1v) is 10.8. The third-order valence-corrected chi connectivity index (χ3v) is 7.06. The van der Waals surface area contributed by atoms with Crippen molar-refractivity contribution in [2.45, 2.75) is 31.7 Å². The molecule has 4 aromatic rings. The number of carbonyl (C=O) groups is 1. The number of nitrogens with one attached hydrogen (secondary N) is 2. The minimum Gasteiger partial charge on any atom is -0.481 e. The number of fused-ring (bicyclic) bond motifs is 5. The topological polar surface area (TPSA) is 117 Å². The molecule has 4 aromatic heterocycles. The number of anilines is 1. The molecule has 3 aliphatic carbocycles. The smallest absolute Gasteiger partial charge is 0.308 e. The third-order valence-electron chi connectivity index (χ3n) is 6.85. The Morgan fingerprint density at radius 1 is 1.23 bits per heavy atom. The lowest BCUT2D eigenvalue weighted by Crippen LogP contribution is -2.51. The van der Waals surface area contributed by atoms with Crippen LogP contribution in [0.25, 0.3) is 33.5 Å². The van der Waals surface area contributed by atoms with E-state index in [1.807, 2.05) is 12.3 Å². The lowest BCUT2D eigenvalue weighted by Gasteiger charge is -2.47. The second-order valence-corrected chi connectivity index (χ2v) is 8.93. The van der Waals surface area contributed by atoms with Crippen molar-refractivity contribution in [2.75, 3.05) is 5.32 Å². The Morgan fingerprint density at radius 3 is 2.84 bits per heavy atom. The molecule has 2 bridgehead atoms. The van der Waals surface area contributed by atoms with Gasteiger partial charge in [0.25, 0.3) is 0 Å². The summed E-state index contributed by atoms with van der Waals surface area (Å²) in [6.45, 7) is 0. The van der Waals surface area contributed by atoms with Gasteiger partial charge in [-0.2, -0.15) is 0 Å². The van der Waals surface area contributed by atoms with Gasteiger partial charge in [0.1, 0.15) is 11.2 Å². The van der Waals surface area contributed by atoms with Crippen molar-refractivity contribution in [3.05, 3.63) is 35.8 Å². The molecule has 0 saturated heterocycles. The molecule has 31 heavy (non-hydrogen) atoms. The van der Waals surface area contributed by atoms with Crippen molar-refractivity contribution in [2.24, 2.45) is 17.8 Å². The summed E-state index contributed by atoms with van der Waals surface area (Å²) >= 11 is 6.15. The zero-order valence-electron chi connectivity index (χ0n) is 16.5. The summed E-state index contributed by atoms with van der Waals surface area (Å²) in [5, 5.41) is 14.7. The van der Waals surface area contributed by atoms with E-state index in [-0.39, 0.29) is 12.0 Å². The Bertz CT molecular complexity index is 1310. The van der Waals surface area contributed by atoms with Crippen molar-refractivity contribution in [1.82, 2.24) is 19.9 Å². The number of carboxylic acid groups (broad SMARTS) is 1. The number of aromatic nitrogens is 4. The average molecular weight is 438 g/mol. The van der Waals surface area contributed by atoms with Crippen molar-refractivity contribution >= 4 is 45.5 Å². The van der Waals surface area contributed by atoms with Crippen LogP contribution in [0, 0.1) is 17.8 Å². The van der Waals surface area contributed by atoms with Gasteiger partial charge in [-0.1, -0.05) is 11.6 Å². The van der Waals surface area contributed by atoms with Crippen molar-refractivity contribution in [3.8, 4) is 11.4 Å². The summed E-state index contributed by atoms with van der Waals surface area (Å²) in [5.74, 6) is 0.375. The minimum absolute atomic E-state index is 0.180. The fourth-order valence-corrected chi connectivity index (χ4v) is 5.57. The molecule has 3 saturated carbocycles. The summed E-state index contributed by atoms with van der Waals surface area (Å²) in [7, 11) is 0. The van der Waals surface area contributed by atoms with Gasteiger partial charge in [0, 0.05) is 35.5 Å². The van der Waals surface area contributed by atoms with Gasteiger partial charge in [0.05, 0.1) is 17.2 Å². The Hall–Kier alpha value is -3.13. The predicted molar refractivity (Wildman–Crippen MR) is 116 cm³/mol. The highest BCUT2D eigenvalue weighted by Crippen LogP contribution is 2.46. The van der Waals surface area contributed by atoms with E-state index in [1.54, 1.807) is 18.5 Å². The van der Waals surface area contributed by atoms with Crippen LogP contribution in [0.15, 0.2) is 35.2 Å². The molecule has 158 valence electrons. The fourth-order valence-electron chi connectivity index (χ4n) is 5.42. The molecule has 3 aliphatic rings. The van der Waals surface area contributed by atoms with Crippen LogP contribution in [0.5, 0.6) is 0 Å². The molecule has 0 aliphatic heterocycles. The number of rotatable bonds is 4. The van der Waals surface area contributed by atoms with Gasteiger partial charge in [-0.3, -0.25) is 4.79 Å². The van der Waals surface area contributed by atoms with E-state index < -0.39 is 11.9 Å². The number of hydrogen-bond acceptors (Lipinski definition) is 6. The van der Waals surface area contributed by atoms with Gasteiger partial charge >= 0.3 is 5.97 Å². The number of aliphatic carboxylic acids is 1. The van der Waals surface area contributed by atoms with Gasteiger partial charge in [0.2, 0.25) is 0 Å². The number of halogens is 1. The molecule has 0 aromatic carbocycles. The van der Waals surface area contributed by atoms with Gasteiger partial charge in [-0.25, -0.2) is 15.0 Å². The molecule has 3 N–H and O–H groups in total. The van der Waals surface area contributed by atoms with Crippen molar-refractivity contribution in [1.29, 1.82) is 0 Å². The second-order valence-electron chi connectivity index (χ2n) is 8.49. The molecule has 2 atom stereocenters. The summed E-state index contributed by atoms with van der Waals surface area (Å²) < 4.78 is 5.67. The number of nitrogens with zero attached hydrogens (tertiary/aromatic N) is 3. The molecular weight excluding hydrogens is 418 g/mol. The van der Waals surface area contributed by atoms with Crippen LogP contribution in [0.1, 0.15) is 25.7 Å². The van der Waals surface area contributed by atoms with Gasteiger partial charge in [0.15, 0.2) is 17.2 Å². The zero-order chi connectivity index (χ0) is 21.1. The number of carboxylic acids is 1. The van der Waals surface area contributed by atoms with E-state index in [4.69, 9.17) is 21.0 Å². The van der Waals surface area contributed by atoms with E-state index in [9.17, 15) is 9.90 Å². The fraction of sp³-hybridized carbons (Fsp3) is 0.364. The zero-order valence-corrected chi connectivity index (χ0v) is 17.3. The third kappa shape index (κ3) is 2.96. The number of hydrogen-bond donors (Lipinski definition) is 3. The van der Waals surface area contributed by atoms with E-state index in [2.05, 4.69) is 20.3 Å². The SMILES string of the molecule is O=C(O)[C@H]1C2CCC(CC2)[C@@H]1Nc1nc(-c2c[nH]c3ncc(Cl)cc23)nc2ccoc12. The molecule has 0 amide bonds. The largest absolute Gasteiger partial charge is 0.481 e. The first-order valence-electron chi connectivity index (χ1n) is 10.5. The summed E-state index contributed by atoms with van der Waals surface area (Å²) in [6.07, 6.45) is 9.00. The summed E-state index contributed by atoms with van der Waals surface area (Å²) in [5.41, 5.74) is 2.66. The lowest BCUT2D eigenvalue weighted by molar-refractivity contribution is -0.148. The van der Waals surface area contributed by atoms with E-state index >= 15 is 0 Å². The van der Waals surface area contributed by atoms with Crippen LogP contribution < -0.4 is 5.32 Å². The molecule has 9 heteroatoms. The molecule has 4 heterocycles. The molecule has 7 rings (SSSR count). The standard InChI is InChI=1S/C22H20ClN5O3/c23-12-7-13-14(9-25-19(13)24-8-12)20-26-15-5-6-31-18(15)21(28-20)27-17-11-3-1-10(2-4-11)16(17)22(29)30/h5-11,16-17H,1-4H2,(H,24,25)(H,29,30)(H,26,27,28)/t10?,11?,16-,17-/m0/s1. The Kier molecular flexibility index (Phi) is 4.17. The average Bonchev–Trinajstić information content (AvgIpc) is 3.41. The Morgan fingerprint density at radius 2 is 2.03 bits per heavy atom. The van der Waals surface area contributed by atoms with E-state index in [1.165, 1.54) is 0 Å². The predicted octanol–water partition coefficient (Wildman–Crippen LogP) is 4.72. The van der Waals surface area contributed by atoms with Crippen molar-refractivity contribution < 1.29 is 14.3 Å². The minimum atomic E-state index is -0.741. The van der Waals surface area contributed by atoms with Gasteiger partial charge in [-0.05, 0) is 43.6 Å². The van der Waals surface area contributed by atoms with Crippen LogP contribution >= 0.6 is 11.6 Å². The number of pyridine rings is 1. The highest BCUT2D eigenvalue weighted by Gasteiger charge is 2.47. The highest BCUT2D eigenvalue weighted by atomic mass is 35.5. The molecule has 0 unspecified atom stereocenters. The van der Waals surface area contributed by atoms with E-state index in [0.717, 1.165) is 36.6 Å². The van der Waals surface area contributed by atoms with Gasteiger partial charge in [-0.15, -0.1) is 0 Å². The highest BCUT2D eigenvalue weighted by molar-refractivity contribution is 6.31. The Labute approximate surface area is 182 Å². The molecule has 0 spiro atoms. The molecule has 8 nitrogen and oxygen atoms in total. The van der Waals surface area contributed by atoms with Crippen LogP contribution in [0.2, 0.25) is 5.02 Å².